The molecule has 1 heterocycles. The third-order valence-corrected chi connectivity index (χ3v) is 3.94. The summed E-state index contributed by atoms with van der Waals surface area (Å²) in [6.45, 7) is 4.35. The van der Waals surface area contributed by atoms with Crippen molar-refractivity contribution in [3.8, 4) is 0 Å². The topological polar surface area (TPSA) is 88.3 Å². The van der Waals surface area contributed by atoms with Gasteiger partial charge in [-0.05, 0) is 49.2 Å². The lowest BCUT2D eigenvalue weighted by atomic mass is 10.0. The molecule has 3 N–H and O–H groups in total. The van der Waals surface area contributed by atoms with Crippen molar-refractivity contribution in [1.82, 2.24) is 9.88 Å². The number of aromatic nitrogens is 1. The SMILES string of the molecule is CC[C@H](c1ccncc1)N(CC)C(=O)Nc1ccc(F)c(C(N)=O)c1. The number of rotatable bonds is 6. The van der Waals surface area contributed by atoms with Crippen LogP contribution in [0.2, 0.25) is 0 Å². The van der Waals surface area contributed by atoms with E-state index in [9.17, 15) is 14.0 Å². The van der Waals surface area contributed by atoms with Crippen molar-refractivity contribution < 1.29 is 14.0 Å². The number of nitrogens with one attached hydrogen (secondary N) is 1. The molecule has 1 aromatic heterocycles. The van der Waals surface area contributed by atoms with Crippen LogP contribution in [-0.2, 0) is 0 Å². The lowest BCUT2D eigenvalue weighted by molar-refractivity contribution is 0.0996. The summed E-state index contributed by atoms with van der Waals surface area (Å²) in [4.78, 5) is 29.6. The van der Waals surface area contributed by atoms with Crippen LogP contribution in [0, 0.1) is 5.82 Å². The molecule has 132 valence electrons. The molecule has 0 fully saturated rings. The number of carbonyl (C=O) groups is 2. The third kappa shape index (κ3) is 4.32. The smallest absolute Gasteiger partial charge is 0.322 e. The first kappa shape index (κ1) is 18.4. The van der Waals surface area contributed by atoms with Crippen LogP contribution in [0.15, 0.2) is 42.7 Å². The number of benzene rings is 1. The van der Waals surface area contributed by atoms with Gasteiger partial charge in [-0.25, -0.2) is 9.18 Å². The van der Waals surface area contributed by atoms with Crippen molar-refractivity contribution in [2.24, 2.45) is 5.73 Å². The second-order valence-electron chi connectivity index (χ2n) is 5.48. The van der Waals surface area contributed by atoms with Gasteiger partial charge in [0.2, 0.25) is 0 Å². The maximum atomic E-state index is 13.6. The Morgan fingerprint density at radius 1 is 1.24 bits per heavy atom. The zero-order valence-corrected chi connectivity index (χ0v) is 14.2. The summed E-state index contributed by atoms with van der Waals surface area (Å²) < 4.78 is 13.6. The van der Waals surface area contributed by atoms with Crippen LogP contribution in [0.5, 0.6) is 0 Å². The molecule has 2 rings (SSSR count). The van der Waals surface area contributed by atoms with Gasteiger partial charge in [0.1, 0.15) is 5.82 Å². The standard InChI is InChI=1S/C18H21FN4O2/c1-3-16(12-7-9-21-10-8-12)23(4-2)18(25)22-13-5-6-15(19)14(11-13)17(20)24/h5-11,16H,3-4H2,1-2H3,(H2,20,24)(H,22,25)/t16-/m1/s1. The molecular weight excluding hydrogens is 323 g/mol. The number of carbonyl (C=O) groups excluding carboxylic acids is 2. The van der Waals surface area contributed by atoms with Crippen LogP contribution in [0.3, 0.4) is 0 Å². The van der Waals surface area contributed by atoms with E-state index in [2.05, 4.69) is 10.3 Å². The van der Waals surface area contributed by atoms with Gasteiger partial charge in [0.25, 0.3) is 5.91 Å². The summed E-state index contributed by atoms with van der Waals surface area (Å²) in [6.07, 6.45) is 4.09. The lowest BCUT2D eigenvalue weighted by Crippen LogP contribution is -2.38. The Kier molecular flexibility index (Phi) is 6.05. The Balaban J connectivity index is 2.22. The predicted octanol–water partition coefficient (Wildman–Crippen LogP) is 3.32. The monoisotopic (exact) mass is 344 g/mol. The van der Waals surface area contributed by atoms with E-state index in [1.807, 2.05) is 26.0 Å². The molecule has 25 heavy (non-hydrogen) atoms. The zero-order valence-electron chi connectivity index (χ0n) is 14.2. The molecule has 3 amide bonds. The van der Waals surface area contributed by atoms with Gasteiger partial charge < -0.3 is 16.0 Å². The molecule has 0 radical (unpaired) electrons. The average molecular weight is 344 g/mol. The maximum absolute atomic E-state index is 13.6. The Morgan fingerprint density at radius 3 is 2.48 bits per heavy atom. The number of urea groups is 1. The Morgan fingerprint density at radius 2 is 1.92 bits per heavy atom. The van der Waals surface area contributed by atoms with Crippen molar-refractivity contribution in [2.75, 3.05) is 11.9 Å². The van der Waals surface area contributed by atoms with Crippen LogP contribution < -0.4 is 11.1 Å². The summed E-state index contributed by atoms with van der Waals surface area (Å²) in [6, 6.07) is 7.00. The number of halogens is 1. The number of amides is 3. The van der Waals surface area contributed by atoms with E-state index in [1.165, 1.54) is 12.1 Å². The highest BCUT2D eigenvalue weighted by Crippen LogP contribution is 2.24. The number of anilines is 1. The van der Waals surface area contributed by atoms with Gasteiger partial charge in [-0.2, -0.15) is 0 Å². The minimum Gasteiger partial charge on any atom is -0.366 e. The first-order chi connectivity index (χ1) is 12.0. The van der Waals surface area contributed by atoms with E-state index in [-0.39, 0.29) is 17.6 Å². The van der Waals surface area contributed by atoms with Gasteiger partial charge in [-0.15, -0.1) is 0 Å². The van der Waals surface area contributed by atoms with Crippen LogP contribution in [0.25, 0.3) is 0 Å². The largest absolute Gasteiger partial charge is 0.366 e. The van der Waals surface area contributed by atoms with E-state index < -0.39 is 11.7 Å². The normalized spacial score (nSPS) is 11.6. The molecule has 0 saturated carbocycles. The number of pyridine rings is 1. The van der Waals surface area contributed by atoms with Gasteiger partial charge in [0.15, 0.2) is 0 Å². The Hall–Kier alpha value is -2.96. The number of nitrogens with zero attached hydrogens (tertiary/aromatic N) is 2. The van der Waals surface area contributed by atoms with Gasteiger partial charge in [-0.3, -0.25) is 9.78 Å². The van der Waals surface area contributed by atoms with E-state index in [1.54, 1.807) is 17.3 Å². The molecule has 0 aliphatic heterocycles. The van der Waals surface area contributed by atoms with Gasteiger partial charge in [-0.1, -0.05) is 6.92 Å². The first-order valence-electron chi connectivity index (χ1n) is 8.04. The summed E-state index contributed by atoms with van der Waals surface area (Å²) in [5, 5.41) is 2.70. The Bertz CT molecular complexity index is 752. The molecular formula is C18H21FN4O2. The molecule has 0 bridgehead atoms. The second kappa shape index (κ2) is 8.23. The third-order valence-electron chi connectivity index (χ3n) is 3.94. The highest BCUT2D eigenvalue weighted by Gasteiger charge is 2.23. The van der Waals surface area contributed by atoms with Crippen LogP contribution in [0.1, 0.15) is 42.2 Å². The number of hydrogen-bond acceptors (Lipinski definition) is 3. The van der Waals surface area contributed by atoms with Gasteiger partial charge in [0.05, 0.1) is 11.6 Å². The molecule has 7 heteroatoms. The van der Waals surface area contributed by atoms with Crippen molar-refractivity contribution in [1.29, 1.82) is 0 Å². The van der Waals surface area contributed by atoms with Crippen LogP contribution >= 0.6 is 0 Å². The van der Waals surface area contributed by atoms with Crippen molar-refractivity contribution in [3.05, 3.63) is 59.7 Å². The first-order valence-corrected chi connectivity index (χ1v) is 8.04. The molecule has 0 aliphatic rings. The van der Waals surface area contributed by atoms with Crippen LogP contribution in [-0.4, -0.2) is 28.4 Å². The predicted molar refractivity (Wildman–Crippen MR) is 93.6 cm³/mol. The van der Waals surface area contributed by atoms with Gasteiger partial charge >= 0.3 is 6.03 Å². The fraction of sp³-hybridized carbons (Fsp3) is 0.278. The summed E-state index contributed by atoms with van der Waals surface area (Å²) >= 11 is 0. The van der Waals surface area contributed by atoms with Crippen molar-refractivity contribution in [2.45, 2.75) is 26.3 Å². The van der Waals surface area contributed by atoms with E-state index in [4.69, 9.17) is 5.73 Å². The number of nitrogens with two attached hydrogens (primary N) is 1. The van der Waals surface area contributed by atoms with E-state index in [0.717, 1.165) is 18.1 Å². The second-order valence-corrected chi connectivity index (χ2v) is 5.48. The van der Waals surface area contributed by atoms with Crippen LogP contribution in [0.4, 0.5) is 14.9 Å². The summed E-state index contributed by atoms with van der Waals surface area (Å²) in [5.74, 6) is -1.61. The maximum Gasteiger partial charge on any atom is 0.322 e. The minimum absolute atomic E-state index is 0.121. The molecule has 0 unspecified atom stereocenters. The average Bonchev–Trinajstić information content (AvgIpc) is 2.61. The quantitative estimate of drug-likeness (QED) is 0.842. The molecule has 0 saturated heterocycles. The molecule has 1 aromatic carbocycles. The fourth-order valence-electron chi connectivity index (χ4n) is 2.71. The highest BCUT2D eigenvalue weighted by molar-refractivity contribution is 5.96. The molecule has 6 nitrogen and oxygen atoms in total. The van der Waals surface area contributed by atoms with Crippen molar-refractivity contribution >= 4 is 17.6 Å². The molecule has 2 aromatic rings. The molecule has 1 atom stereocenters. The van der Waals surface area contributed by atoms with E-state index in [0.29, 0.717) is 12.2 Å². The zero-order chi connectivity index (χ0) is 18.4. The molecule has 0 aliphatic carbocycles. The summed E-state index contributed by atoms with van der Waals surface area (Å²) in [7, 11) is 0. The van der Waals surface area contributed by atoms with Gasteiger partial charge in [0, 0.05) is 24.6 Å². The summed E-state index contributed by atoms with van der Waals surface area (Å²) in [5.41, 5.74) is 6.16. The highest BCUT2D eigenvalue weighted by atomic mass is 19.1. The Labute approximate surface area is 145 Å². The lowest BCUT2D eigenvalue weighted by Gasteiger charge is -2.30. The van der Waals surface area contributed by atoms with E-state index >= 15 is 0 Å². The minimum atomic E-state index is -0.885. The fourth-order valence-corrected chi connectivity index (χ4v) is 2.71. The van der Waals surface area contributed by atoms with Crippen molar-refractivity contribution in [3.63, 3.8) is 0 Å². The molecule has 0 spiro atoms. The number of hydrogen-bond donors (Lipinski definition) is 2. The number of primary amides is 1.